The topological polar surface area (TPSA) is 53.0 Å². The second-order valence-corrected chi connectivity index (χ2v) is 3.71. The number of hydrogen-bond acceptors (Lipinski definition) is 3. The third-order valence-corrected chi connectivity index (χ3v) is 2.42. The molecule has 0 unspecified atom stereocenters. The molecule has 0 aliphatic rings. The molecule has 15 heavy (non-hydrogen) atoms. The summed E-state index contributed by atoms with van der Waals surface area (Å²) in [6, 6.07) is 10.3. The Hall–Kier alpha value is -1.53. The van der Waals surface area contributed by atoms with Crippen molar-refractivity contribution in [2.45, 2.75) is 19.4 Å². The summed E-state index contributed by atoms with van der Waals surface area (Å²) >= 11 is 0. The largest absolute Gasteiger partial charge is 0.374 e. The lowest BCUT2D eigenvalue weighted by atomic mass is 10.1. The summed E-state index contributed by atoms with van der Waals surface area (Å²) in [6.07, 6.45) is 0.547. The molecular formula is C12H17N3. The first-order valence-corrected chi connectivity index (χ1v) is 5.08. The first kappa shape index (κ1) is 11.5. The van der Waals surface area contributed by atoms with E-state index in [4.69, 9.17) is 11.0 Å². The number of benzene rings is 1. The molecule has 80 valence electrons. The number of rotatable bonds is 4. The number of anilines is 1. The third-order valence-electron chi connectivity index (χ3n) is 2.42. The van der Waals surface area contributed by atoms with Crippen molar-refractivity contribution in [2.75, 3.05) is 18.5 Å². The van der Waals surface area contributed by atoms with Gasteiger partial charge < -0.3 is 10.6 Å². The normalized spacial score (nSPS) is 11.9. The quantitative estimate of drug-likeness (QED) is 0.814. The fraction of sp³-hybridized carbons (Fsp3) is 0.417. The van der Waals surface area contributed by atoms with E-state index in [1.807, 2.05) is 38.2 Å². The Morgan fingerprint density at radius 1 is 1.40 bits per heavy atom. The molecular weight excluding hydrogens is 186 g/mol. The maximum atomic E-state index is 8.49. The summed E-state index contributed by atoms with van der Waals surface area (Å²) < 4.78 is 0. The fourth-order valence-electron chi connectivity index (χ4n) is 1.38. The van der Waals surface area contributed by atoms with Crippen molar-refractivity contribution in [1.29, 1.82) is 5.26 Å². The Morgan fingerprint density at radius 3 is 2.47 bits per heavy atom. The molecule has 1 atom stereocenters. The highest BCUT2D eigenvalue weighted by Gasteiger charge is 2.02. The average Bonchev–Trinajstić information content (AvgIpc) is 2.26. The molecule has 0 saturated heterocycles. The van der Waals surface area contributed by atoms with E-state index in [9.17, 15) is 0 Å². The van der Waals surface area contributed by atoms with E-state index in [1.165, 1.54) is 0 Å². The third kappa shape index (κ3) is 3.26. The fourth-order valence-corrected chi connectivity index (χ4v) is 1.38. The number of nitriles is 1. The molecule has 0 radical (unpaired) electrons. The van der Waals surface area contributed by atoms with Crippen LogP contribution >= 0.6 is 0 Å². The van der Waals surface area contributed by atoms with Crippen LogP contribution in [0.5, 0.6) is 0 Å². The van der Waals surface area contributed by atoms with Crippen molar-refractivity contribution in [3.63, 3.8) is 0 Å². The molecule has 0 spiro atoms. The SMILES string of the molecule is C[C@H](N)c1ccc(N(C)CCC#N)cc1. The molecule has 3 nitrogen and oxygen atoms in total. The first-order valence-electron chi connectivity index (χ1n) is 5.08. The predicted molar refractivity (Wildman–Crippen MR) is 62.5 cm³/mol. The number of nitrogens with zero attached hydrogens (tertiary/aromatic N) is 2. The van der Waals surface area contributed by atoms with Crippen LogP contribution < -0.4 is 10.6 Å². The highest BCUT2D eigenvalue weighted by atomic mass is 15.1. The summed E-state index contributed by atoms with van der Waals surface area (Å²) in [7, 11) is 1.98. The van der Waals surface area contributed by atoms with E-state index in [1.54, 1.807) is 0 Å². The monoisotopic (exact) mass is 203 g/mol. The van der Waals surface area contributed by atoms with Crippen LogP contribution in [0.1, 0.15) is 24.9 Å². The summed E-state index contributed by atoms with van der Waals surface area (Å²) in [5.41, 5.74) is 8.02. The predicted octanol–water partition coefficient (Wildman–Crippen LogP) is 2.06. The van der Waals surface area contributed by atoms with Gasteiger partial charge in [-0.25, -0.2) is 0 Å². The standard InChI is InChI=1S/C12H17N3/c1-10(14)11-4-6-12(7-5-11)15(2)9-3-8-13/h4-7,10H,3,9,14H2,1-2H3/t10-/m0/s1. The second-order valence-electron chi connectivity index (χ2n) is 3.71. The average molecular weight is 203 g/mol. The van der Waals surface area contributed by atoms with Crippen molar-refractivity contribution in [2.24, 2.45) is 5.73 Å². The van der Waals surface area contributed by atoms with Crippen molar-refractivity contribution >= 4 is 5.69 Å². The minimum absolute atomic E-state index is 0.0727. The molecule has 1 rings (SSSR count). The highest BCUT2D eigenvalue weighted by Crippen LogP contribution is 2.16. The molecule has 0 heterocycles. The van der Waals surface area contributed by atoms with Crippen LogP contribution in [0.4, 0.5) is 5.69 Å². The molecule has 3 heteroatoms. The van der Waals surface area contributed by atoms with E-state index in [0.717, 1.165) is 17.8 Å². The van der Waals surface area contributed by atoms with Crippen molar-refractivity contribution in [1.82, 2.24) is 0 Å². The Bertz CT molecular complexity index is 335. The van der Waals surface area contributed by atoms with Crippen molar-refractivity contribution in [3.8, 4) is 6.07 Å². The maximum absolute atomic E-state index is 8.49. The van der Waals surface area contributed by atoms with Crippen LogP contribution in [0.2, 0.25) is 0 Å². The minimum Gasteiger partial charge on any atom is -0.374 e. The van der Waals surface area contributed by atoms with E-state index in [0.29, 0.717) is 6.42 Å². The minimum atomic E-state index is 0.0727. The molecule has 2 N–H and O–H groups in total. The molecule has 0 aromatic heterocycles. The van der Waals surface area contributed by atoms with Crippen molar-refractivity contribution in [3.05, 3.63) is 29.8 Å². The summed E-state index contributed by atoms with van der Waals surface area (Å²) in [5, 5.41) is 8.49. The van der Waals surface area contributed by atoms with Gasteiger partial charge in [0.15, 0.2) is 0 Å². The van der Waals surface area contributed by atoms with Crippen LogP contribution in [0.3, 0.4) is 0 Å². The van der Waals surface area contributed by atoms with Crippen LogP contribution in [0.15, 0.2) is 24.3 Å². The molecule has 0 aliphatic carbocycles. The van der Waals surface area contributed by atoms with Crippen LogP contribution in [-0.2, 0) is 0 Å². The van der Waals surface area contributed by atoms with Gasteiger partial charge in [0.2, 0.25) is 0 Å². The lowest BCUT2D eigenvalue weighted by molar-refractivity contribution is 0.817. The molecule has 0 bridgehead atoms. The van der Waals surface area contributed by atoms with Crippen LogP contribution in [0.25, 0.3) is 0 Å². The molecule has 0 saturated carbocycles. The van der Waals surface area contributed by atoms with Gasteiger partial charge in [0.25, 0.3) is 0 Å². The Balaban J connectivity index is 2.67. The molecule has 0 amide bonds. The highest BCUT2D eigenvalue weighted by molar-refractivity contribution is 5.47. The van der Waals surface area contributed by atoms with Crippen LogP contribution in [-0.4, -0.2) is 13.6 Å². The summed E-state index contributed by atoms with van der Waals surface area (Å²) in [4.78, 5) is 2.06. The van der Waals surface area contributed by atoms with Gasteiger partial charge in [-0.05, 0) is 24.6 Å². The molecule has 1 aromatic rings. The second kappa shape index (κ2) is 5.38. The van der Waals surface area contributed by atoms with E-state index >= 15 is 0 Å². The lowest BCUT2D eigenvalue weighted by Crippen LogP contribution is -2.18. The zero-order chi connectivity index (χ0) is 11.3. The van der Waals surface area contributed by atoms with Crippen molar-refractivity contribution < 1.29 is 0 Å². The number of nitrogens with two attached hydrogens (primary N) is 1. The zero-order valence-electron chi connectivity index (χ0n) is 9.27. The van der Waals surface area contributed by atoms with E-state index < -0.39 is 0 Å². The van der Waals surface area contributed by atoms with Gasteiger partial charge in [0, 0.05) is 25.3 Å². The van der Waals surface area contributed by atoms with Gasteiger partial charge in [-0.15, -0.1) is 0 Å². The van der Waals surface area contributed by atoms with E-state index in [-0.39, 0.29) is 6.04 Å². The Kier molecular flexibility index (Phi) is 4.14. The summed E-state index contributed by atoms with van der Waals surface area (Å²) in [6.45, 7) is 2.72. The Morgan fingerprint density at radius 2 is 2.00 bits per heavy atom. The van der Waals surface area contributed by atoms with Gasteiger partial charge in [-0.2, -0.15) is 5.26 Å². The number of hydrogen-bond donors (Lipinski definition) is 1. The zero-order valence-corrected chi connectivity index (χ0v) is 9.27. The smallest absolute Gasteiger partial charge is 0.0640 e. The van der Waals surface area contributed by atoms with Gasteiger partial charge in [-0.3, -0.25) is 0 Å². The van der Waals surface area contributed by atoms with Crippen LogP contribution in [0, 0.1) is 11.3 Å². The van der Waals surface area contributed by atoms with E-state index in [2.05, 4.69) is 11.0 Å². The molecule has 0 fully saturated rings. The van der Waals surface area contributed by atoms with Gasteiger partial charge in [0.1, 0.15) is 0 Å². The van der Waals surface area contributed by atoms with Gasteiger partial charge in [-0.1, -0.05) is 12.1 Å². The maximum Gasteiger partial charge on any atom is 0.0640 e. The van der Waals surface area contributed by atoms with Gasteiger partial charge in [0.05, 0.1) is 12.5 Å². The van der Waals surface area contributed by atoms with Gasteiger partial charge >= 0.3 is 0 Å². The molecule has 0 aliphatic heterocycles. The first-order chi connectivity index (χ1) is 7.15. The Labute approximate surface area is 91.1 Å². The summed E-state index contributed by atoms with van der Waals surface area (Å²) in [5.74, 6) is 0. The lowest BCUT2D eigenvalue weighted by Gasteiger charge is -2.18. The molecule has 1 aromatic carbocycles.